The van der Waals surface area contributed by atoms with E-state index in [0.29, 0.717) is 17.1 Å². The number of rotatable bonds is 3. The Balaban J connectivity index is 2.33. The van der Waals surface area contributed by atoms with Crippen LogP contribution in [0.4, 0.5) is 4.39 Å². The van der Waals surface area contributed by atoms with Crippen LogP contribution >= 0.6 is 0 Å². The highest BCUT2D eigenvalue weighted by Gasteiger charge is 2.11. The molecule has 2 nitrogen and oxygen atoms in total. The Labute approximate surface area is 99.3 Å². The minimum atomic E-state index is -0.774. The van der Waals surface area contributed by atoms with Crippen molar-refractivity contribution in [2.45, 2.75) is 13.0 Å². The zero-order chi connectivity index (χ0) is 12.3. The van der Waals surface area contributed by atoms with Gasteiger partial charge in [0.05, 0.1) is 6.10 Å². The monoisotopic (exact) mass is 232 g/mol. The van der Waals surface area contributed by atoms with Crippen LogP contribution in [0.3, 0.4) is 0 Å². The lowest BCUT2D eigenvalue weighted by molar-refractivity contribution is 0.195. The van der Waals surface area contributed by atoms with Crippen LogP contribution in [0.5, 0.6) is 11.5 Å². The van der Waals surface area contributed by atoms with Crippen molar-refractivity contribution in [1.82, 2.24) is 0 Å². The van der Waals surface area contributed by atoms with Gasteiger partial charge in [-0.2, -0.15) is 0 Å². The Morgan fingerprint density at radius 3 is 2.47 bits per heavy atom. The molecule has 88 valence electrons. The molecule has 0 amide bonds. The normalized spacial score (nSPS) is 12.2. The van der Waals surface area contributed by atoms with E-state index in [4.69, 9.17) is 4.74 Å². The van der Waals surface area contributed by atoms with Crippen molar-refractivity contribution in [3.8, 4) is 11.5 Å². The molecular formula is C14H13FO2. The lowest BCUT2D eigenvalue weighted by atomic mass is 10.1. The van der Waals surface area contributed by atoms with Gasteiger partial charge in [-0.3, -0.25) is 0 Å². The predicted molar refractivity (Wildman–Crippen MR) is 63.5 cm³/mol. The minimum absolute atomic E-state index is 0.388. The van der Waals surface area contributed by atoms with E-state index in [9.17, 15) is 9.50 Å². The summed E-state index contributed by atoms with van der Waals surface area (Å²) < 4.78 is 18.7. The molecule has 0 aromatic heterocycles. The number of benzene rings is 2. The fraction of sp³-hybridized carbons (Fsp3) is 0.143. The number of aliphatic hydroxyl groups is 1. The third-order valence-corrected chi connectivity index (χ3v) is 2.39. The van der Waals surface area contributed by atoms with Crippen molar-refractivity contribution in [3.05, 3.63) is 59.9 Å². The summed E-state index contributed by atoms with van der Waals surface area (Å²) in [5.41, 5.74) is 0.439. The van der Waals surface area contributed by atoms with Crippen LogP contribution in [-0.2, 0) is 0 Å². The van der Waals surface area contributed by atoms with Crippen molar-refractivity contribution < 1.29 is 14.2 Å². The summed E-state index contributed by atoms with van der Waals surface area (Å²) in [5.74, 6) is 0.731. The molecule has 2 aromatic rings. The number of para-hydroxylation sites is 1. The number of aliphatic hydroxyl groups excluding tert-OH is 1. The first kappa shape index (κ1) is 11.6. The van der Waals surface area contributed by atoms with Gasteiger partial charge in [-0.25, -0.2) is 4.39 Å². The topological polar surface area (TPSA) is 29.5 Å². The molecule has 0 radical (unpaired) electrons. The highest BCUT2D eigenvalue weighted by atomic mass is 19.1. The molecule has 3 heteroatoms. The van der Waals surface area contributed by atoms with Crippen molar-refractivity contribution >= 4 is 0 Å². The highest BCUT2D eigenvalue weighted by Crippen LogP contribution is 2.30. The van der Waals surface area contributed by atoms with Crippen molar-refractivity contribution in [2.75, 3.05) is 0 Å². The van der Waals surface area contributed by atoms with E-state index in [2.05, 4.69) is 0 Å². The first-order chi connectivity index (χ1) is 8.16. The molecule has 0 unspecified atom stereocenters. The second-order valence-electron chi connectivity index (χ2n) is 3.77. The summed E-state index contributed by atoms with van der Waals surface area (Å²) >= 11 is 0. The summed E-state index contributed by atoms with van der Waals surface area (Å²) in [7, 11) is 0. The average molecular weight is 232 g/mol. The second kappa shape index (κ2) is 4.97. The van der Waals surface area contributed by atoms with E-state index in [1.165, 1.54) is 18.2 Å². The zero-order valence-electron chi connectivity index (χ0n) is 9.43. The first-order valence-corrected chi connectivity index (χ1v) is 5.37. The van der Waals surface area contributed by atoms with Gasteiger partial charge in [0.15, 0.2) is 0 Å². The Morgan fingerprint density at radius 1 is 1.12 bits per heavy atom. The van der Waals surface area contributed by atoms with E-state index in [1.807, 2.05) is 18.2 Å². The Kier molecular flexibility index (Phi) is 3.40. The molecule has 0 aliphatic heterocycles. The largest absolute Gasteiger partial charge is 0.457 e. The Hall–Kier alpha value is -1.87. The van der Waals surface area contributed by atoms with Crippen LogP contribution in [0, 0.1) is 5.82 Å². The summed E-state index contributed by atoms with van der Waals surface area (Å²) in [6.07, 6.45) is -0.774. The van der Waals surface area contributed by atoms with Gasteiger partial charge >= 0.3 is 0 Å². The van der Waals surface area contributed by atoms with Gasteiger partial charge in [-0.15, -0.1) is 0 Å². The van der Waals surface area contributed by atoms with Crippen molar-refractivity contribution in [3.63, 3.8) is 0 Å². The molecule has 0 fully saturated rings. The fourth-order valence-corrected chi connectivity index (χ4v) is 1.55. The smallest absolute Gasteiger partial charge is 0.133 e. The molecule has 2 aromatic carbocycles. The fourth-order valence-electron chi connectivity index (χ4n) is 1.55. The first-order valence-electron chi connectivity index (χ1n) is 5.37. The summed E-state index contributed by atoms with van der Waals surface area (Å²) in [4.78, 5) is 0. The average Bonchev–Trinajstić information content (AvgIpc) is 2.32. The van der Waals surface area contributed by atoms with Crippen molar-refractivity contribution in [1.29, 1.82) is 0 Å². The molecule has 2 rings (SSSR count). The SMILES string of the molecule is C[C@@H](O)c1cc(F)ccc1Oc1ccccc1. The zero-order valence-corrected chi connectivity index (χ0v) is 9.43. The van der Waals surface area contributed by atoms with Gasteiger partial charge in [0.2, 0.25) is 0 Å². The summed E-state index contributed by atoms with van der Waals surface area (Å²) in [6.45, 7) is 1.58. The minimum Gasteiger partial charge on any atom is -0.457 e. The van der Waals surface area contributed by atoms with Gasteiger partial charge < -0.3 is 9.84 Å². The number of hydrogen-bond donors (Lipinski definition) is 1. The van der Waals surface area contributed by atoms with E-state index in [0.717, 1.165) is 0 Å². The number of hydrogen-bond acceptors (Lipinski definition) is 2. The van der Waals surface area contributed by atoms with Gasteiger partial charge in [0.25, 0.3) is 0 Å². The maximum Gasteiger partial charge on any atom is 0.133 e. The Bertz CT molecular complexity index is 495. The van der Waals surface area contributed by atoms with Crippen LogP contribution in [0.1, 0.15) is 18.6 Å². The molecule has 0 aliphatic rings. The molecule has 17 heavy (non-hydrogen) atoms. The number of halogens is 1. The number of ether oxygens (including phenoxy) is 1. The predicted octanol–water partition coefficient (Wildman–Crippen LogP) is 3.67. The van der Waals surface area contributed by atoms with E-state index in [-0.39, 0.29) is 5.82 Å². The molecular weight excluding hydrogens is 219 g/mol. The maximum atomic E-state index is 13.1. The highest BCUT2D eigenvalue weighted by molar-refractivity contribution is 5.39. The van der Waals surface area contributed by atoms with Crippen LogP contribution in [-0.4, -0.2) is 5.11 Å². The second-order valence-corrected chi connectivity index (χ2v) is 3.77. The molecule has 0 heterocycles. The molecule has 1 atom stereocenters. The molecule has 0 saturated heterocycles. The molecule has 1 N–H and O–H groups in total. The lowest BCUT2D eigenvalue weighted by Gasteiger charge is -2.13. The third-order valence-electron chi connectivity index (χ3n) is 2.39. The van der Waals surface area contributed by atoms with Gasteiger partial charge in [0, 0.05) is 5.56 Å². The van der Waals surface area contributed by atoms with E-state index in [1.54, 1.807) is 19.1 Å². The third kappa shape index (κ3) is 2.82. The van der Waals surface area contributed by atoms with Crippen LogP contribution < -0.4 is 4.74 Å². The van der Waals surface area contributed by atoms with Crippen LogP contribution in [0.15, 0.2) is 48.5 Å². The molecule has 0 bridgehead atoms. The van der Waals surface area contributed by atoms with Gasteiger partial charge in [0.1, 0.15) is 17.3 Å². The molecule has 0 spiro atoms. The van der Waals surface area contributed by atoms with Gasteiger partial charge in [-0.1, -0.05) is 18.2 Å². The Morgan fingerprint density at radius 2 is 1.82 bits per heavy atom. The maximum absolute atomic E-state index is 13.1. The van der Waals surface area contributed by atoms with Crippen molar-refractivity contribution in [2.24, 2.45) is 0 Å². The van der Waals surface area contributed by atoms with Crippen LogP contribution in [0.2, 0.25) is 0 Å². The molecule has 0 saturated carbocycles. The summed E-state index contributed by atoms with van der Waals surface area (Å²) in [6, 6.07) is 13.3. The van der Waals surface area contributed by atoms with E-state index < -0.39 is 6.10 Å². The van der Waals surface area contributed by atoms with Gasteiger partial charge in [-0.05, 0) is 37.3 Å². The standard InChI is InChI=1S/C14H13FO2/c1-10(16)13-9-11(15)7-8-14(13)17-12-5-3-2-4-6-12/h2-10,16H,1H3/t10-/m1/s1. The van der Waals surface area contributed by atoms with Crippen LogP contribution in [0.25, 0.3) is 0 Å². The summed E-state index contributed by atoms with van der Waals surface area (Å²) in [5, 5.41) is 9.56. The van der Waals surface area contributed by atoms with E-state index >= 15 is 0 Å². The molecule has 0 aliphatic carbocycles. The lowest BCUT2D eigenvalue weighted by Crippen LogP contribution is -1.97. The quantitative estimate of drug-likeness (QED) is 0.874.